The van der Waals surface area contributed by atoms with E-state index >= 15 is 0 Å². The quantitative estimate of drug-likeness (QED) is 0.495. The molecule has 0 amide bonds. The van der Waals surface area contributed by atoms with E-state index in [2.05, 4.69) is 70.7 Å². The van der Waals surface area contributed by atoms with Crippen LogP contribution in [0.4, 0.5) is 21.8 Å². The van der Waals surface area contributed by atoms with E-state index in [1.54, 1.807) is 19.1 Å². The van der Waals surface area contributed by atoms with Crippen molar-refractivity contribution in [3.8, 4) is 5.69 Å². The Labute approximate surface area is 208 Å². The number of carbonyl (C=O) groups excluding carboxylic acids is 1. The van der Waals surface area contributed by atoms with Gasteiger partial charge < -0.3 is 10.6 Å². The highest BCUT2D eigenvalue weighted by Crippen LogP contribution is 2.38. The van der Waals surface area contributed by atoms with Gasteiger partial charge in [0.05, 0.1) is 11.9 Å². The second-order valence-electron chi connectivity index (χ2n) is 10.6. The molecular weight excluding hydrogens is 465 g/mol. The Hall–Kier alpha value is -3.67. The molecule has 192 valence electrons. The van der Waals surface area contributed by atoms with Crippen molar-refractivity contribution in [1.29, 1.82) is 0 Å². The number of tetrazole rings is 1. The summed E-state index contributed by atoms with van der Waals surface area (Å²) >= 11 is 0. The third-order valence-corrected chi connectivity index (χ3v) is 7.15. The minimum Gasteiger partial charge on any atom is -0.365 e. The smallest absolute Gasteiger partial charge is 0.365 e. The summed E-state index contributed by atoms with van der Waals surface area (Å²) in [4.78, 5) is 34.9. The zero-order chi connectivity index (χ0) is 26.4. The zero-order valence-corrected chi connectivity index (χ0v) is 21.6. The van der Waals surface area contributed by atoms with Gasteiger partial charge in [-0.15, -0.1) is 0 Å². The van der Waals surface area contributed by atoms with Crippen molar-refractivity contribution in [2.75, 3.05) is 17.7 Å². The molecule has 3 heterocycles. The monoisotopic (exact) mass is 497 g/mol. The molecule has 1 saturated heterocycles. The van der Waals surface area contributed by atoms with Crippen LogP contribution in [0.3, 0.4) is 0 Å². The number of hydrogen-bond donors (Lipinski definition) is 2. The van der Waals surface area contributed by atoms with Crippen LogP contribution in [0.15, 0.2) is 23.1 Å². The maximum absolute atomic E-state index is 14.7. The number of aromatic nitrogens is 6. The normalized spacial score (nSPS) is 17.7. The van der Waals surface area contributed by atoms with Gasteiger partial charge in [0, 0.05) is 35.4 Å². The molecular formula is C24H32FN9O2. The highest BCUT2D eigenvalue weighted by atomic mass is 19.1. The van der Waals surface area contributed by atoms with Crippen molar-refractivity contribution in [3.05, 3.63) is 45.8 Å². The first-order valence-corrected chi connectivity index (χ1v) is 11.7. The van der Waals surface area contributed by atoms with Crippen LogP contribution in [-0.2, 0) is 7.05 Å². The Morgan fingerprint density at radius 2 is 1.78 bits per heavy atom. The molecule has 11 nitrogen and oxygen atoms in total. The fraction of sp³-hybridized carbons (Fsp3) is 0.500. The van der Waals surface area contributed by atoms with E-state index < -0.39 is 11.5 Å². The zero-order valence-electron chi connectivity index (χ0n) is 21.6. The predicted molar refractivity (Wildman–Crippen MR) is 135 cm³/mol. The lowest BCUT2D eigenvalue weighted by atomic mass is 9.77. The van der Waals surface area contributed by atoms with E-state index in [0.717, 1.165) is 28.4 Å². The van der Waals surface area contributed by atoms with E-state index in [9.17, 15) is 14.0 Å². The number of aldehydes is 1. The van der Waals surface area contributed by atoms with E-state index in [4.69, 9.17) is 0 Å². The summed E-state index contributed by atoms with van der Waals surface area (Å²) in [6, 6.07) is 3.26. The lowest BCUT2D eigenvalue weighted by molar-refractivity contribution is -0.00778. The molecule has 0 saturated carbocycles. The summed E-state index contributed by atoms with van der Waals surface area (Å²) in [5.41, 5.74) is 1.13. The molecule has 0 spiro atoms. The van der Waals surface area contributed by atoms with Gasteiger partial charge in [-0.05, 0) is 82.6 Å². The van der Waals surface area contributed by atoms with Gasteiger partial charge in [0.25, 0.3) is 0 Å². The average molecular weight is 498 g/mol. The Kier molecular flexibility index (Phi) is 6.41. The summed E-state index contributed by atoms with van der Waals surface area (Å²) in [6.45, 7) is 10.4. The lowest BCUT2D eigenvalue weighted by Crippen LogP contribution is -2.61. The Bertz CT molecular complexity index is 1340. The first-order valence-electron chi connectivity index (χ1n) is 11.7. The van der Waals surface area contributed by atoms with Gasteiger partial charge in [-0.25, -0.2) is 14.2 Å². The molecule has 1 aliphatic heterocycles. The van der Waals surface area contributed by atoms with Crippen molar-refractivity contribution in [3.63, 3.8) is 0 Å². The molecule has 0 radical (unpaired) electrons. The SMILES string of the molecule is Cc1c(C=O)cc(Nc2ncc(F)c(NC3CC(C)(C)N(C)C(C)(C)C3)n2)cc1-n1nnn(C)c1=O. The van der Waals surface area contributed by atoms with Crippen LogP contribution in [0.2, 0.25) is 0 Å². The molecule has 1 fully saturated rings. The van der Waals surface area contributed by atoms with Crippen molar-refractivity contribution in [2.45, 2.75) is 64.6 Å². The van der Waals surface area contributed by atoms with Crippen LogP contribution in [-0.4, -0.2) is 65.1 Å². The number of nitrogens with one attached hydrogen (secondary N) is 2. The van der Waals surface area contributed by atoms with Crippen LogP contribution in [0, 0.1) is 12.7 Å². The van der Waals surface area contributed by atoms with Gasteiger partial charge >= 0.3 is 5.69 Å². The molecule has 1 aliphatic rings. The van der Waals surface area contributed by atoms with Gasteiger partial charge in [-0.3, -0.25) is 9.69 Å². The number of anilines is 3. The molecule has 3 aromatic rings. The lowest BCUT2D eigenvalue weighted by Gasteiger charge is -2.53. The number of rotatable bonds is 6. The fourth-order valence-electron chi connectivity index (χ4n) is 4.92. The number of piperidine rings is 1. The summed E-state index contributed by atoms with van der Waals surface area (Å²) in [5.74, 6) is -0.315. The first kappa shape index (κ1) is 25.4. The molecule has 1 aromatic carbocycles. The third kappa shape index (κ3) is 4.72. The number of nitrogens with zero attached hydrogens (tertiary/aromatic N) is 7. The summed E-state index contributed by atoms with van der Waals surface area (Å²) < 4.78 is 16.9. The standard InChI is InChI=1S/C24H32FN9O2/c1-14-15(13-35)8-16(9-19(14)34-22(36)32(6)30-31-34)28-21-26-12-18(25)20(29-21)27-17-10-23(2,3)33(7)24(4,5)11-17/h8-9,12-13,17H,10-11H2,1-7H3,(H2,26,27,28,29). The molecule has 4 rings (SSSR count). The number of hydrogen-bond acceptors (Lipinski definition) is 9. The number of halogens is 1. The van der Waals surface area contributed by atoms with Crippen LogP contribution < -0.4 is 16.3 Å². The molecule has 36 heavy (non-hydrogen) atoms. The Balaban J connectivity index is 1.63. The Morgan fingerprint density at radius 3 is 2.36 bits per heavy atom. The Morgan fingerprint density at radius 1 is 1.11 bits per heavy atom. The number of benzene rings is 1. The maximum atomic E-state index is 14.7. The number of carbonyl (C=O) groups is 1. The van der Waals surface area contributed by atoms with E-state index in [0.29, 0.717) is 28.8 Å². The number of likely N-dealkylation sites (tertiary alicyclic amines) is 1. The largest absolute Gasteiger partial charge is 0.368 e. The van der Waals surface area contributed by atoms with Gasteiger partial charge in [-0.1, -0.05) is 0 Å². The van der Waals surface area contributed by atoms with E-state index in [-0.39, 0.29) is 28.9 Å². The first-order chi connectivity index (χ1) is 16.8. The molecule has 0 atom stereocenters. The van der Waals surface area contributed by atoms with Crippen molar-refractivity contribution >= 4 is 23.7 Å². The van der Waals surface area contributed by atoms with Gasteiger partial charge in [-0.2, -0.15) is 14.3 Å². The maximum Gasteiger partial charge on any atom is 0.368 e. The molecule has 0 bridgehead atoms. The molecule has 2 aromatic heterocycles. The second-order valence-corrected chi connectivity index (χ2v) is 10.6. The van der Waals surface area contributed by atoms with E-state index in [1.165, 1.54) is 7.05 Å². The highest BCUT2D eigenvalue weighted by molar-refractivity contribution is 5.82. The second kappa shape index (κ2) is 9.08. The van der Waals surface area contributed by atoms with Gasteiger partial charge in [0.15, 0.2) is 11.6 Å². The van der Waals surface area contributed by atoms with Gasteiger partial charge in [0.1, 0.15) is 6.29 Å². The number of aryl methyl sites for hydroxylation is 1. The van der Waals surface area contributed by atoms with Gasteiger partial charge in [0.2, 0.25) is 5.95 Å². The molecule has 2 N–H and O–H groups in total. The summed E-state index contributed by atoms with van der Waals surface area (Å²) in [6.07, 6.45) is 3.42. The third-order valence-electron chi connectivity index (χ3n) is 7.15. The highest BCUT2D eigenvalue weighted by Gasteiger charge is 2.43. The molecule has 0 aliphatic carbocycles. The minimum atomic E-state index is -0.556. The average Bonchev–Trinajstić information content (AvgIpc) is 3.13. The summed E-state index contributed by atoms with van der Waals surface area (Å²) in [5, 5.41) is 13.9. The van der Waals surface area contributed by atoms with Crippen LogP contribution in [0.5, 0.6) is 0 Å². The van der Waals surface area contributed by atoms with Crippen molar-refractivity contribution < 1.29 is 9.18 Å². The predicted octanol–water partition coefficient (Wildman–Crippen LogP) is 2.82. The fourth-order valence-corrected chi connectivity index (χ4v) is 4.92. The van der Waals surface area contributed by atoms with E-state index in [1.807, 2.05) is 0 Å². The van der Waals surface area contributed by atoms with Crippen molar-refractivity contribution in [2.24, 2.45) is 7.05 Å². The topological polar surface area (TPSA) is 123 Å². The van der Waals surface area contributed by atoms with Crippen LogP contribution in [0.25, 0.3) is 5.69 Å². The van der Waals surface area contributed by atoms with Crippen LogP contribution >= 0.6 is 0 Å². The molecule has 0 unspecified atom stereocenters. The minimum absolute atomic E-state index is 0.0135. The summed E-state index contributed by atoms with van der Waals surface area (Å²) in [7, 11) is 3.60. The molecule has 12 heteroatoms. The van der Waals surface area contributed by atoms with Crippen molar-refractivity contribution in [1.82, 2.24) is 34.7 Å². The van der Waals surface area contributed by atoms with Crippen LogP contribution in [0.1, 0.15) is 56.5 Å².